The maximum atomic E-state index is 13.8. The zero-order valence-electron chi connectivity index (χ0n) is 21.0. The number of aryl methyl sites for hydroxylation is 1. The molecule has 8 nitrogen and oxygen atoms in total. The predicted octanol–water partition coefficient (Wildman–Crippen LogP) is 6.19. The molecule has 0 fully saturated rings. The van der Waals surface area contributed by atoms with Crippen LogP contribution in [0.5, 0.6) is 11.5 Å². The van der Waals surface area contributed by atoms with E-state index in [0.29, 0.717) is 32.6 Å². The summed E-state index contributed by atoms with van der Waals surface area (Å²) in [5.74, 6) is 1.51. The number of phenolic OH excluding ortho intramolecular Hbond substituents is 1. The molecule has 36 heavy (non-hydrogen) atoms. The molecule has 1 unspecified atom stereocenters. The summed E-state index contributed by atoms with van der Waals surface area (Å²) in [7, 11) is 1.49. The lowest BCUT2D eigenvalue weighted by atomic mass is 9.94. The monoisotopic (exact) mass is 571 g/mol. The number of fused-ring (bicyclic) bond motifs is 1. The van der Waals surface area contributed by atoms with E-state index in [1.54, 1.807) is 28.6 Å². The highest BCUT2D eigenvalue weighted by molar-refractivity contribution is 9.10. The molecule has 1 aliphatic rings. The molecule has 2 aromatic carbocycles. The third kappa shape index (κ3) is 5.10. The van der Waals surface area contributed by atoms with Gasteiger partial charge < -0.3 is 20.5 Å². The van der Waals surface area contributed by atoms with Gasteiger partial charge in [-0.05, 0) is 78.0 Å². The molecular weight excluding hydrogens is 542 g/mol. The van der Waals surface area contributed by atoms with Crippen molar-refractivity contribution in [1.29, 1.82) is 0 Å². The summed E-state index contributed by atoms with van der Waals surface area (Å²) in [6, 6.07) is 8.74. The molecule has 3 aromatic rings. The molecule has 3 N–H and O–H groups in total. The number of benzene rings is 2. The number of thioether (sulfide) groups is 1. The van der Waals surface area contributed by atoms with Crippen LogP contribution in [0, 0.1) is 13.8 Å². The van der Waals surface area contributed by atoms with Gasteiger partial charge in [-0.25, -0.2) is 4.68 Å². The Morgan fingerprint density at radius 3 is 2.81 bits per heavy atom. The first-order chi connectivity index (χ1) is 17.2. The van der Waals surface area contributed by atoms with Gasteiger partial charge in [-0.3, -0.25) is 4.79 Å². The molecule has 0 saturated carbocycles. The summed E-state index contributed by atoms with van der Waals surface area (Å²) < 4.78 is 7.59. The average molecular weight is 573 g/mol. The Kier molecular flexibility index (Phi) is 7.94. The van der Waals surface area contributed by atoms with Gasteiger partial charge in [-0.2, -0.15) is 4.98 Å². The number of methoxy groups -OCH3 is 1. The van der Waals surface area contributed by atoms with Crippen molar-refractivity contribution >= 4 is 45.2 Å². The maximum Gasteiger partial charge on any atom is 0.255 e. The van der Waals surface area contributed by atoms with Crippen LogP contribution in [0.15, 0.2) is 51.2 Å². The minimum Gasteiger partial charge on any atom is -0.503 e. The van der Waals surface area contributed by atoms with Crippen molar-refractivity contribution in [2.45, 2.75) is 51.7 Å². The Morgan fingerprint density at radius 1 is 1.31 bits per heavy atom. The number of hydrogen-bond donors (Lipinski definition) is 3. The van der Waals surface area contributed by atoms with Crippen LogP contribution in [0.4, 0.5) is 11.6 Å². The van der Waals surface area contributed by atoms with Crippen LogP contribution < -0.4 is 15.4 Å². The fraction of sp³-hybridized carbons (Fsp3) is 0.346. The highest BCUT2D eigenvalue weighted by atomic mass is 79.9. The SMILES string of the molecule is CCCCSc1nc2n(n1)C(c1cc(Br)c(O)c(OC)c1)C(C(=O)Nc1cccc(C)c1C)=C(C)N2. The lowest BCUT2D eigenvalue weighted by Crippen LogP contribution is -2.31. The summed E-state index contributed by atoms with van der Waals surface area (Å²) in [4.78, 5) is 18.5. The number of ether oxygens (including phenoxy) is 1. The number of nitrogens with one attached hydrogen (secondary N) is 2. The van der Waals surface area contributed by atoms with Gasteiger partial charge in [0.05, 0.1) is 17.2 Å². The van der Waals surface area contributed by atoms with E-state index in [4.69, 9.17) is 9.84 Å². The number of amides is 1. The highest BCUT2D eigenvalue weighted by Gasteiger charge is 2.35. The van der Waals surface area contributed by atoms with Crippen molar-refractivity contribution in [2.75, 3.05) is 23.5 Å². The number of unbranched alkanes of at least 4 members (excludes halogenated alkanes) is 1. The molecule has 0 spiro atoms. The number of aromatic hydroxyl groups is 1. The Labute approximate surface area is 223 Å². The second-order valence-electron chi connectivity index (χ2n) is 8.69. The summed E-state index contributed by atoms with van der Waals surface area (Å²) in [5, 5.41) is 22.2. The number of nitrogens with zero attached hydrogens (tertiary/aromatic N) is 3. The molecule has 0 bridgehead atoms. The lowest BCUT2D eigenvalue weighted by molar-refractivity contribution is -0.113. The lowest BCUT2D eigenvalue weighted by Gasteiger charge is -2.29. The van der Waals surface area contributed by atoms with Crippen LogP contribution >= 0.6 is 27.7 Å². The summed E-state index contributed by atoms with van der Waals surface area (Å²) in [6.07, 6.45) is 2.15. The van der Waals surface area contributed by atoms with Crippen LogP contribution in [0.25, 0.3) is 0 Å². The number of rotatable bonds is 8. The fourth-order valence-electron chi connectivity index (χ4n) is 4.09. The molecule has 2 heterocycles. The van der Waals surface area contributed by atoms with Crippen molar-refractivity contribution in [3.63, 3.8) is 0 Å². The number of carbonyl (C=O) groups excluding carboxylic acids is 1. The van der Waals surface area contributed by atoms with Gasteiger partial charge in [0.2, 0.25) is 11.1 Å². The molecule has 190 valence electrons. The fourth-order valence-corrected chi connectivity index (χ4v) is 5.46. The van der Waals surface area contributed by atoms with Gasteiger partial charge in [0, 0.05) is 17.1 Å². The first-order valence-electron chi connectivity index (χ1n) is 11.8. The number of hydrogen-bond acceptors (Lipinski definition) is 7. The van der Waals surface area contributed by atoms with E-state index >= 15 is 0 Å². The van der Waals surface area contributed by atoms with Crippen LogP contribution in [0.2, 0.25) is 0 Å². The van der Waals surface area contributed by atoms with Crippen molar-refractivity contribution in [2.24, 2.45) is 0 Å². The topological polar surface area (TPSA) is 101 Å². The molecule has 1 amide bonds. The van der Waals surface area contributed by atoms with Gasteiger partial charge in [-0.1, -0.05) is 37.2 Å². The molecule has 0 radical (unpaired) electrons. The van der Waals surface area contributed by atoms with Crippen molar-refractivity contribution in [3.05, 3.63) is 62.8 Å². The first-order valence-corrected chi connectivity index (χ1v) is 13.5. The van der Waals surface area contributed by atoms with Gasteiger partial charge in [0.25, 0.3) is 5.91 Å². The molecule has 1 aliphatic heterocycles. The summed E-state index contributed by atoms with van der Waals surface area (Å²) in [6.45, 7) is 8.01. The van der Waals surface area contributed by atoms with Crippen molar-refractivity contribution in [1.82, 2.24) is 14.8 Å². The maximum absolute atomic E-state index is 13.8. The molecule has 10 heteroatoms. The highest BCUT2D eigenvalue weighted by Crippen LogP contribution is 2.42. The Hall–Kier alpha value is -2.98. The van der Waals surface area contributed by atoms with Gasteiger partial charge in [0.15, 0.2) is 11.5 Å². The largest absolute Gasteiger partial charge is 0.503 e. The van der Waals surface area contributed by atoms with E-state index in [-0.39, 0.29) is 11.7 Å². The van der Waals surface area contributed by atoms with Gasteiger partial charge >= 0.3 is 0 Å². The Morgan fingerprint density at radius 2 is 2.08 bits per heavy atom. The minimum absolute atomic E-state index is 0.00750. The van der Waals surface area contributed by atoms with Gasteiger partial charge in [-0.15, -0.1) is 5.10 Å². The molecule has 4 rings (SSSR count). The first kappa shape index (κ1) is 26.1. The number of anilines is 2. The number of carbonyl (C=O) groups is 1. The van der Waals surface area contributed by atoms with Crippen LogP contribution in [0.3, 0.4) is 0 Å². The quantitative estimate of drug-likeness (QED) is 0.219. The number of halogens is 1. The van der Waals surface area contributed by atoms with E-state index in [2.05, 4.69) is 38.5 Å². The third-order valence-electron chi connectivity index (χ3n) is 6.25. The Bertz CT molecular complexity index is 1340. The molecular formula is C26H30BrN5O3S. The van der Waals surface area contributed by atoms with Crippen molar-refractivity contribution in [3.8, 4) is 11.5 Å². The summed E-state index contributed by atoms with van der Waals surface area (Å²) in [5.41, 5.74) is 4.75. The molecule has 0 aliphatic carbocycles. The van der Waals surface area contributed by atoms with E-state index in [9.17, 15) is 9.90 Å². The minimum atomic E-state index is -0.592. The van der Waals surface area contributed by atoms with E-state index in [0.717, 1.165) is 41.0 Å². The smallest absolute Gasteiger partial charge is 0.255 e. The zero-order chi connectivity index (χ0) is 26.0. The van der Waals surface area contributed by atoms with E-state index < -0.39 is 6.04 Å². The van der Waals surface area contributed by atoms with Crippen LogP contribution in [-0.2, 0) is 4.79 Å². The van der Waals surface area contributed by atoms with Crippen LogP contribution in [0.1, 0.15) is 49.4 Å². The number of phenols is 1. The van der Waals surface area contributed by atoms with Gasteiger partial charge in [0.1, 0.15) is 6.04 Å². The summed E-state index contributed by atoms with van der Waals surface area (Å²) >= 11 is 5.01. The van der Waals surface area contributed by atoms with E-state index in [1.807, 2.05) is 39.0 Å². The second kappa shape index (κ2) is 11.0. The van der Waals surface area contributed by atoms with E-state index in [1.165, 1.54) is 7.11 Å². The molecule has 1 aromatic heterocycles. The predicted molar refractivity (Wildman–Crippen MR) is 147 cm³/mol. The third-order valence-corrected chi connectivity index (χ3v) is 7.77. The Balaban J connectivity index is 1.81. The molecule has 0 saturated heterocycles. The zero-order valence-corrected chi connectivity index (χ0v) is 23.4. The molecule has 1 atom stereocenters. The number of aromatic nitrogens is 3. The van der Waals surface area contributed by atoms with Crippen LogP contribution in [-0.4, -0.2) is 38.6 Å². The standard InChI is InChI=1S/C26H30BrN5O3S/c1-6-7-11-36-26-30-25-28-16(4)21(24(34)29-19-10-8-9-14(2)15(19)3)22(32(25)31-26)17-12-18(27)23(33)20(13-17)35-5/h8-10,12-13,22,33H,6-7,11H2,1-5H3,(H,29,34)(H,28,30,31). The second-order valence-corrected chi connectivity index (χ2v) is 10.6. The number of allylic oxidation sites excluding steroid dienone is 1. The normalized spacial score (nSPS) is 14.9. The average Bonchev–Trinajstić information content (AvgIpc) is 3.25. The van der Waals surface area contributed by atoms with Crippen molar-refractivity contribution < 1.29 is 14.6 Å².